The average molecular weight is 222 g/mol. The van der Waals surface area contributed by atoms with Gasteiger partial charge in [-0.1, -0.05) is 0 Å². The summed E-state index contributed by atoms with van der Waals surface area (Å²) in [6.45, 7) is 5.56. The smallest absolute Gasteiger partial charge is 0.0768 e. The number of aromatic nitrogens is 2. The van der Waals surface area contributed by atoms with Crippen molar-refractivity contribution in [1.29, 1.82) is 0 Å². The van der Waals surface area contributed by atoms with Crippen LogP contribution in [0.3, 0.4) is 0 Å². The highest BCUT2D eigenvalue weighted by Gasteiger charge is 2.21. The van der Waals surface area contributed by atoms with Gasteiger partial charge in [-0.05, 0) is 12.5 Å². The van der Waals surface area contributed by atoms with Crippen LogP contribution < -0.4 is 5.32 Å². The van der Waals surface area contributed by atoms with Gasteiger partial charge in [0.1, 0.15) is 0 Å². The third kappa shape index (κ3) is 1.98. The minimum absolute atomic E-state index is 0.140. The summed E-state index contributed by atoms with van der Waals surface area (Å²) in [5.41, 5.74) is 2.41. The topological polar surface area (TPSA) is 53.3 Å². The van der Waals surface area contributed by atoms with E-state index in [1.165, 1.54) is 5.69 Å². The lowest BCUT2D eigenvalue weighted by Gasteiger charge is -2.14. The van der Waals surface area contributed by atoms with Crippen LogP contribution in [0.2, 0.25) is 0 Å². The summed E-state index contributed by atoms with van der Waals surface area (Å²) in [5, 5.41) is 17.4. The number of rotatable bonds is 2. The molecule has 0 amide bonds. The summed E-state index contributed by atoms with van der Waals surface area (Å²) in [6.07, 6.45) is 0.758. The molecule has 0 saturated carbocycles. The first-order chi connectivity index (χ1) is 7.81. The largest absolute Gasteiger partial charge is 0.392 e. The van der Waals surface area contributed by atoms with Gasteiger partial charge in [-0.25, -0.2) is 0 Å². The summed E-state index contributed by atoms with van der Waals surface area (Å²) in [4.78, 5) is 2.27. The third-order valence-electron chi connectivity index (χ3n) is 3.35. The van der Waals surface area contributed by atoms with Gasteiger partial charge in [0.15, 0.2) is 0 Å². The van der Waals surface area contributed by atoms with Crippen LogP contribution in [0, 0.1) is 0 Å². The summed E-state index contributed by atoms with van der Waals surface area (Å²) >= 11 is 0. The monoisotopic (exact) mass is 222 g/mol. The number of hydrogen-bond acceptors (Lipinski definition) is 4. The Kier molecular flexibility index (Phi) is 2.67. The molecule has 0 bridgehead atoms. The molecule has 1 aromatic heterocycles. The standard InChI is InChI=1S/C11H18N4O/c16-11-1-3-14(8-11)7-9-5-10-6-12-2-4-15(10)13-9/h5,11-12,16H,1-4,6-8H2/t11-/m0/s1. The van der Waals surface area contributed by atoms with Gasteiger partial charge < -0.3 is 10.4 Å². The van der Waals surface area contributed by atoms with E-state index in [1.807, 2.05) is 0 Å². The van der Waals surface area contributed by atoms with Crippen molar-refractivity contribution in [2.45, 2.75) is 32.2 Å². The predicted molar refractivity (Wildman–Crippen MR) is 59.8 cm³/mol. The lowest BCUT2D eigenvalue weighted by molar-refractivity contribution is 0.174. The van der Waals surface area contributed by atoms with Crippen molar-refractivity contribution in [2.75, 3.05) is 19.6 Å². The van der Waals surface area contributed by atoms with Crippen LogP contribution in [0.5, 0.6) is 0 Å². The Labute approximate surface area is 95.1 Å². The molecule has 2 aliphatic rings. The summed E-state index contributed by atoms with van der Waals surface area (Å²) in [6, 6.07) is 2.18. The van der Waals surface area contributed by atoms with E-state index < -0.39 is 0 Å². The van der Waals surface area contributed by atoms with Crippen molar-refractivity contribution in [1.82, 2.24) is 20.0 Å². The van der Waals surface area contributed by atoms with Crippen LogP contribution in [0.1, 0.15) is 17.8 Å². The predicted octanol–water partition coefficient (Wildman–Crippen LogP) is -0.447. The molecule has 3 heterocycles. The molecule has 1 saturated heterocycles. The minimum atomic E-state index is -0.140. The molecule has 88 valence electrons. The van der Waals surface area contributed by atoms with E-state index in [0.29, 0.717) is 0 Å². The van der Waals surface area contributed by atoms with E-state index in [-0.39, 0.29) is 6.10 Å². The van der Waals surface area contributed by atoms with Crippen molar-refractivity contribution in [2.24, 2.45) is 0 Å². The molecule has 1 atom stereocenters. The Bertz CT molecular complexity index is 353. The van der Waals surface area contributed by atoms with Crippen LogP contribution in [0.4, 0.5) is 0 Å². The van der Waals surface area contributed by atoms with Gasteiger partial charge in [0.2, 0.25) is 0 Å². The van der Waals surface area contributed by atoms with E-state index in [9.17, 15) is 5.11 Å². The molecule has 1 aromatic rings. The molecule has 1 fully saturated rings. The highest BCUT2D eigenvalue weighted by Crippen LogP contribution is 2.14. The second kappa shape index (κ2) is 4.16. The first-order valence-corrected chi connectivity index (χ1v) is 5.98. The van der Waals surface area contributed by atoms with E-state index in [0.717, 1.165) is 51.4 Å². The Morgan fingerprint density at radius 3 is 3.19 bits per heavy atom. The number of hydrogen-bond donors (Lipinski definition) is 2. The maximum atomic E-state index is 9.46. The lowest BCUT2D eigenvalue weighted by atomic mass is 10.3. The maximum absolute atomic E-state index is 9.46. The molecule has 0 aromatic carbocycles. The van der Waals surface area contributed by atoms with Gasteiger partial charge in [0.25, 0.3) is 0 Å². The minimum Gasteiger partial charge on any atom is -0.392 e. The van der Waals surface area contributed by atoms with Gasteiger partial charge in [0, 0.05) is 32.7 Å². The molecule has 0 aliphatic carbocycles. The normalized spacial score (nSPS) is 25.9. The van der Waals surface area contributed by atoms with E-state index in [1.54, 1.807) is 0 Å². The zero-order valence-corrected chi connectivity index (χ0v) is 9.39. The van der Waals surface area contributed by atoms with Gasteiger partial charge in [0.05, 0.1) is 24.0 Å². The summed E-state index contributed by atoms with van der Waals surface area (Å²) in [7, 11) is 0. The first-order valence-electron chi connectivity index (χ1n) is 5.98. The SMILES string of the molecule is O[C@H]1CCN(Cc2cc3n(n2)CCNC3)C1. The number of β-amino-alcohol motifs (C(OH)–C–C–N with tert-alkyl or cyclic N) is 1. The van der Waals surface area contributed by atoms with Crippen molar-refractivity contribution >= 4 is 0 Å². The van der Waals surface area contributed by atoms with E-state index in [4.69, 9.17) is 0 Å². The average Bonchev–Trinajstić information content (AvgIpc) is 2.84. The van der Waals surface area contributed by atoms with Crippen LogP contribution in [-0.2, 0) is 19.6 Å². The molecule has 2 N–H and O–H groups in total. The number of likely N-dealkylation sites (tertiary alicyclic amines) is 1. The highest BCUT2D eigenvalue weighted by atomic mass is 16.3. The molecule has 0 radical (unpaired) electrons. The molecular weight excluding hydrogens is 204 g/mol. The zero-order valence-electron chi connectivity index (χ0n) is 9.39. The molecule has 16 heavy (non-hydrogen) atoms. The van der Waals surface area contributed by atoms with E-state index >= 15 is 0 Å². The Morgan fingerprint density at radius 2 is 2.44 bits per heavy atom. The molecule has 5 heteroatoms. The Balaban J connectivity index is 1.68. The second-order valence-corrected chi connectivity index (χ2v) is 4.70. The number of nitrogens with zero attached hydrogens (tertiary/aromatic N) is 3. The second-order valence-electron chi connectivity index (χ2n) is 4.70. The number of nitrogens with one attached hydrogen (secondary N) is 1. The Morgan fingerprint density at radius 1 is 1.50 bits per heavy atom. The Hall–Kier alpha value is -0.910. The fourth-order valence-corrected chi connectivity index (χ4v) is 2.51. The molecule has 0 unspecified atom stereocenters. The van der Waals surface area contributed by atoms with Crippen molar-refractivity contribution in [3.05, 3.63) is 17.5 Å². The number of aliphatic hydroxyl groups is 1. The van der Waals surface area contributed by atoms with Crippen LogP contribution >= 0.6 is 0 Å². The maximum Gasteiger partial charge on any atom is 0.0768 e. The van der Waals surface area contributed by atoms with Gasteiger partial charge >= 0.3 is 0 Å². The molecule has 3 rings (SSSR count). The molecule has 0 spiro atoms. The van der Waals surface area contributed by atoms with Crippen LogP contribution in [0.15, 0.2) is 6.07 Å². The fourth-order valence-electron chi connectivity index (χ4n) is 2.51. The van der Waals surface area contributed by atoms with Gasteiger partial charge in [-0.3, -0.25) is 9.58 Å². The van der Waals surface area contributed by atoms with Crippen molar-refractivity contribution < 1.29 is 5.11 Å². The van der Waals surface area contributed by atoms with Gasteiger partial charge in [-0.2, -0.15) is 5.10 Å². The number of fused-ring (bicyclic) bond motifs is 1. The van der Waals surface area contributed by atoms with Crippen molar-refractivity contribution in [3.8, 4) is 0 Å². The molecule has 2 aliphatic heterocycles. The summed E-state index contributed by atoms with van der Waals surface area (Å²) in [5.74, 6) is 0. The fraction of sp³-hybridized carbons (Fsp3) is 0.727. The zero-order chi connectivity index (χ0) is 11.0. The van der Waals surface area contributed by atoms with Crippen molar-refractivity contribution in [3.63, 3.8) is 0 Å². The van der Waals surface area contributed by atoms with Crippen LogP contribution in [0.25, 0.3) is 0 Å². The molecular formula is C11H18N4O. The highest BCUT2D eigenvalue weighted by molar-refractivity contribution is 5.12. The summed E-state index contributed by atoms with van der Waals surface area (Å²) < 4.78 is 2.10. The quantitative estimate of drug-likeness (QED) is 0.712. The third-order valence-corrected chi connectivity index (χ3v) is 3.35. The number of aliphatic hydroxyl groups excluding tert-OH is 1. The molecule has 5 nitrogen and oxygen atoms in total. The van der Waals surface area contributed by atoms with E-state index in [2.05, 4.69) is 26.1 Å². The van der Waals surface area contributed by atoms with Gasteiger partial charge in [-0.15, -0.1) is 0 Å². The van der Waals surface area contributed by atoms with Crippen LogP contribution in [-0.4, -0.2) is 45.5 Å². The first kappa shape index (κ1) is 10.3. The lowest BCUT2D eigenvalue weighted by Crippen LogP contribution is -2.28.